The smallest absolute Gasteiger partial charge is 0.333 e. The molecule has 0 aromatic carbocycles. The Hall–Kier alpha value is 6.67. The predicted octanol–water partition coefficient (Wildman–Crippen LogP) is 10.8. The van der Waals surface area contributed by atoms with Crippen LogP contribution in [0, 0.1) is 0 Å². The van der Waals surface area contributed by atoms with Crippen molar-refractivity contribution in [2.45, 2.75) is 21.5 Å². The van der Waals surface area contributed by atoms with Crippen molar-refractivity contribution in [1.29, 1.82) is 0 Å². The van der Waals surface area contributed by atoms with Gasteiger partial charge < -0.3 is 5.11 Å². The van der Waals surface area contributed by atoms with E-state index >= 15 is 0 Å². The normalized spacial score (nSPS) is 16.1. The standard InChI is InChI=1S/C8HBr15O2/c9-2(10,1(24)25)3(11,12)4(13,14)5(15,16)6(17,18)7(19,20)8(21,22)23/h(H,24,25). The van der Waals surface area contributed by atoms with E-state index in [9.17, 15) is 9.90 Å². The molecule has 0 rings (SSSR count). The minimum atomic E-state index is -1.63. The number of aliphatic carboxylic acids is 1. The summed E-state index contributed by atoms with van der Waals surface area (Å²) in [7, 11) is 0. The van der Waals surface area contributed by atoms with Gasteiger partial charge in [-0.05, 0) is 0 Å². The SMILES string of the molecule is O=C(O)C(Br)(Br)C(Br)(Br)C(Br)(Br)C(Br)(Br)C(Br)(Br)C(Br)(Br)C(Br)(Br)Br. The summed E-state index contributed by atoms with van der Waals surface area (Å²) in [6, 6.07) is 0. The molecule has 0 spiro atoms. The first kappa shape index (κ1) is 31.7. The third-order valence-corrected chi connectivity index (χ3v) is 32.0. The van der Waals surface area contributed by atoms with E-state index < -0.39 is 27.5 Å². The van der Waals surface area contributed by atoms with Crippen molar-refractivity contribution in [2.24, 2.45) is 0 Å². The monoisotopic (exact) mass is 1310 g/mol. The first-order valence-corrected chi connectivity index (χ1v) is 16.9. The van der Waals surface area contributed by atoms with Crippen molar-refractivity contribution in [2.75, 3.05) is 0 Å². The maximum absolute atomic E-state index is 11.8. The Labute approximate surface area is 270 Å². The molecule has 1 N–H and O–H groups in total. The molecule has 0 fully saturated rings. The number of carbonyl (C=O) groups is 1. The van der Waals surface area contributed by atoms with Crippen LogP contribution in [0.2, 0.25) is 0 Å². The van der Waals surface area contributed by atoms with E-state index in [1.165, 1.54) is 0 Å². The van der Waals surface area contributed by atoms with Gasteiger partial charge in [-0.3, -0.25) is 0 Å². The number of rotatable bonds is 6. The third kappa shape index (κ3) is 5.67. The molecule has 25 heavy (non-hydrogen) atoms. The van der Waals surface area contributed by atoms with Crippen molar-refractivity contribution in [1.82, 2.24) is 0 Å². The van der Waals surface area contributed by atoms with Crippen LogP contribution in [0.25, 0.3) is 0 Å². The lowest BCUT2D eigenvalue weighted by Gasteiger charge is -2.55. The molecule has 0 aliphatic rings. The molecule has 17 heteroatoms. The van der Waals surface area contributed by atoms with Crippen LogP contribution in [0.15, 0.2) is 0 Å². The number of carboxylic acids is 1. The fraction of sp³-hybridized carbons (Fsp3) is 0.875. The van der Waals surface area contributed by atoms with Crippen molar-refractivity contribution in [3.8, 4) is 0 Å². The third-order valence-electron chi connectivity index (χ3n) is 2.60. The summed E-state index contributed by atoms with van der Waals surface area (Å²) >= 11 is 52.7. The minimum absolute atomic E-state index is 0.843. The second kappa shape index (κ2) is 10.1. The van der Waals surface area contributed by atoms with Crippen LogP contribution in [0.1, 0.15) is 0 Å². The van der Waals surface area contributed by atoms with Crippen molar-refractivity contribution < 1.29 is 9.90 Å². The lowest BCUT2D eigenvalue weighted by molar-refractivity contribution is -0.137. The van der Waals surface area contributed by atoms with Crippen LogP contribution < -0.4 is 0 Å². The highest BCUT2D eigenvalue weighted by Gasteiger charge is 2.76. The van der Waals surface area contributed by atoms with Crippen molar-refractivity contribution >= 4 is 245 Å². The molecule has 0 saturated heterocycles. The van der Waals surface area contributed by atoms with Gasteiger partial charge in [0.05, 0.1) is 0 Å². The van der Waals surface area contributed by atoms with E-state index in [4.69, 9.17) is 0 Å². The van der Waals surface area contributed by atoms with Gasteiger partial charge in [-0.1, -0.05) is 239 Å². The highest BCUT2D eigenvalue weighted by molar-refractivity contribution is 9.42. The molecule has 0 heterocycles. The minimum Gasteiger partial charge on any atom is -0.480 e. The topological polar surface area (TPSA) is 37.3 Å². The largest absolute Gasteiger partial charge is 0.480 e. The van der Waals surface area contributed by atoms with Crippen LogP contribution in [0.5, 0.6) is 0 Å². The molecule has 0 radical (unpaired) electrons. The second-order valence-electron chi connectivity index (χ2n) is 4.25. The van der Waals surface area contributed by atoms with E-state index in [0.29, 0.717) is 0 Å². The Bertz CT molecular complexity index is 530. The maximum Gasteiger partial charge on any atom is 0.333 e. The Balaban J connectivity index is 6.55. The fourth-order valence-electron chi connectivity index (χ4n) is 1.10. The molecule has 0 saturated carbocycles. The Morgan fingerprint density at radius 3 is 0.960 bits per heavy atom. The number of halogens is 15. The predicted molar refractivity (Wildman–Crippen MR) is 161 cm³/mol. The number of hydrogen-bond donors (Lipinski definition) is 1. The summed E-state index contributed by atoms with van der Waals surface area (Å²) in [5.41, 5.74) is 0. The van der Waals surface area contributed by atoms with Gasteiger partial charge in [0.2, 0.25) is 3.23 Å². The molecule has 0 amide bonds. The molecule has 0 bridgehead atoms. The van der Waals surface area contributed by atoms with Crippen LogP contribution in [0.4, 0.5) is 0 Å². The van der Waals surface area contributed by atoms with E-state index in [0.717, 1.165) is 0 Å². The van der Waals surface area contributed by atoms with Gasteiger partial charge in [0.25, 0.3) is 0 Å². The summed E-state index contributed by atoms with van der Waals surface area (Å²) in [5.74, 6) is -1.17. The number of carboxylic acid groups (broad SMARTS) is 1. The Kier molecular flexibility index (Phi) is 12.8. The highest BCUT2D eigenvalue weighted by atomic mass is 80.0. The van der Waals surface area contributed by atoms with Crippen LogP contribution in [-0.4, -0.2) is 32.6 Å². The van der Waals surface area contributed by atoms with Crippen LogP contribution >= 0.6 is 239 Å². The summed E-state index contributed by atoms with van der Waals surface area (Å²) < 4.78 is -8.23. The zero-order chi connectivity index (χ0) is 21.1. The molecule has 0 aromatic heterocycles. The van der Waals surface area contributed by atoms with Crippen LogP contribution in [-0.2, 0) is 4.79 Å². The second-order valence-corrected chi connectivity index (χ2v) is 31.7. The van der Waals surface area contributed by atoms with Gasteiger partial charge in [-0.25, -0.2) is 4.79 Å². The van der Waals surface area contributed by atoms with Crippen LogP contribution in [0.3, 0.4) is 0 Å². The van der Waals surface area contributed by atoms with Gasteiger partial charge in [0.15, 0.2) is 2.14 Å². The molecule has 0 aliphatic heterocycles. The Morgan fingerprint density at radius 2 is 0.720 bits per heavy atom. The maximum atomic E-state index is 11.8. The summed E-state index contributed by atoms with van der Waals surface area (Å²) in [4.78, 5) is 11.8. The van der Waals surface area contributed by atoms with E-state index in [2.05, 4.69) is 239 Å². The summed E-state index contributed by atoms with van der Waals surface area (Å²) in [6.07, 6.45) is 0. The van der Waals surface area contributed by atoms with Gasteiger partial charge in [0.1, 0.15) is 16.2 Å². The molecule has 0 aromatic rings. The van der Waals surface area contributed by atoms with E-state index in [1.54, 1.807) is 0 Å². The lowest BCUT2D eigenvalue weighted by Crippen LogP contribution is -2.66. The quantitative estimate of drug-likeness (QED) is 0.269. The summed E-state index contributed by atoms with van der Waals surface area (Å²) in [6.45, 7) is 0. The molecule has 150 valence electrons. The highest BCUT2D eigenvalue weighted by Crippen LogP contribution is 2.76. The first-order valence-electron chi connectivity index (χ1n) is 5.01. The molecular weight excluding hydrogens is 1330 g/mol. The fourth-order valence-corrected chi connectivity index (χ4v) is 13.5. The summed E-state index contributed by atoms with van der Waals surface area (Å²) in [5, 5.41) is 9.61. The number of hydrogen-bond acceptors (Lipinski definition) is 1. The van der Waals surface area contributed by atoms with Crippen molar-refractivity contribution in [3.05, 3.63) is 0 Å². The molecule has 2 nitrogen and oxygen atoms in total. The van der Waals surface area contributed by atoms with Gasteiger partial charge >= 0.3 is 5.97 Å². The molecular formula is C8HBr15O2. The van der Waals surface area contributed by atoms with E-state index in [-0.39, 0.29) is 0 Å². The molecule has 0 unspecified atom stereocenters. The van der Waals surface area contributed by atoms with E-state index in [1.807, 2.05) is 0 Å². The molecule has 0 atom stereocenters. The van der Waals surface area contributed by atoms with Gasteiger partial charge in [-0.15, -0.1) is 0 Å². The average molecular weight is 1330 g/mol. The number of alkyl halides is 15. The average Bonchev–Trinajstić information content (AvgIpc) is 2.35. The van der Waals surface area contributed by atoms with Gasteiger partial charge in [-0.2, -0.15) is 0 Å². The Morgan fingerprint density at radius 1 is 0.480 bits per heavy atom. The van der Waals surface area contributed by atoms with Gasteiger partial charge in [0, 0.05) is 0 Å². The zero-order valence-corrected chi connectivity index (χ0v) is 34.3. The lowest BCUT2D eigenvalue weighted by atomic mass is 10.1. The molecule has 0 aliphatic carbocycles. The first-order chi connectivity index (χ1) is 10.4. The zero-order valence-electron chi connectivity index (χ0n) is 10.5. The van der Waals surface area contributed by atoms with Crippen molar-refractivity contribution in [3.63, 3.8) is 0 Å².